The Bertz CT molecular complexity index is 456. The minimum Gasteiger partial charge on any atom is -0.467 e. The molecule has 1 atom stereocenters. The second-order valence-corrected chi connectivity index (χ2v) is 3.94. The van der Waals surface area contributed by atoms with E-state index >= 15 is 0 Å². The smallest absolute Gasteiger partial charge is 0.331 e. The molecule has 1 aromatic rings. The first kappa shape index (κ1) is 12.6. The molecule has 2 rings (SSSR count). The topological polar surface area (TPSA) is 81.9 Å². The fourth-order valence-electron chi connectivity index (χ4n) is 1.78. The molecule has 1 amide bonds. The molecule has 7 nitrogen and oxygen atoms in total. The van der Waals surface area contributed by atoms with Gasteiger partial charge < -0.3 is 18.9 Å². The SMILES string of the molecule is COC(=O)C1COCCN1C(=O)c1cc(C)no1. The van der Waals surface area contributed by atoms with Crippen LogP contribution in [0.15, 0.2) is 10.6 Å². The van der Waals surface area contributed by atoms with Gasteiger partial charge in [0.25, 0.3) is 5.91 Å². The zero-order valence-electron chi connectivity index (χ0n) is 10.2. The van der Waals surface area contributed by atoms with Crippen LogP contribution in [0.5, 0.6) is 0 Å². The number of aryl methyl sites for hydroxylation is 1. The Morgan fingerprint density at radius 2 is 2.33 bits per heavy atom. The van der Waals surface area contributed by atoms with Gasteiger partial charge in [-0.1, -0.05) is 5.16 Å². The van der Waals surface area contributed by atoms with Gasteiger partial charge in [0.15, 0.2) is 6.04 Å². The quantitative estimate of drug-likeness (QED) is 0.691. The van der Waals surface area contributed by atoms with Crippen molar-refractivity contribution in [2.24, 2.45) is 0 Å². The summed E-state index contributed by atoms with van der Waals surface area (Å²) in [6, 6.07) is 0.799. The number of rotatable bonds is 2. The third kappa shape index (κ3) is 2.35. The lowest BCUT2D eigenvalue weighted by Crippen LogP contribution is -2.52. The highest BCUT2D eigenvalue weighted by molar-refractivity contribution is 5.94. The maximum absolute atomic E-state index is 12.2. The van der Waals surface area contributed by atoms with E-state index in [0.717, 1.165) is 0 Å². The summed E-state index contributed by atoms with van der Waals surface area (Å²) in [4.78, 5) is 25.1. The van der Waals surface area contributed by atoms with Crippen molar-refractivity contribution in [3.8, 4) is 0 Å². The number of morpholine rings is 1. The van der Waals surface area contributed by atoms with Gasteiger partial charge in [0.2, 0.25) is 5.76 Å². The number of hydrogen-bond donors (Lipinski definition) is 0. The lowest BCUT2D eigenvalue weighted by Gasteiger charge is -2.32. The average Bonchev–Trinajstić information content (AvgIpc) is 2.83. The first-order valence-electron chi connectivity index (χ1n) is 5.53. The second kappa shape index (κ2) is 5.18. The molecule has 1 aromatic heterocycles. The molecular weight excluding hydrogens is 240 g/mol. The summed E-state index contributed by atoms with van der Waals surface area (Å²) in [6.45, 7) is 2.55. The molecule has 0 N–H and O–H groups in total. The molecule has 2 heterocycles. The number of aromatic nitrogens is 1. The summed E-state index contributed by atoms with van der Waals surface area (Å²) in [5, 5.41) is 3.65. The van der Waals surface area contributed by atoms with Crippen molar-refractivity contribution in [2.75, 3.05) is 26.9 Å². The highest BCUT2D eigenvalue weighted by Crippen LogP contribution is 2.14. The first-order valence-corrected chi connectivity index (χ1v) is 5.53. The molecule has 0 bridgehead atoms. The molecular formula is C11H14N2O5. The highest BCUT2D eigenvalue weighted by Gasteiger charge is 2.35. The van der Waals surface area contributed by atoms with Crippen molar-refractivity contribution in [3.05, 3.63) is 17.5 Å². The molecule has 0 saturated carbocycles. The van der Waals surface area contributed by atoms with Crippen LogP contribution < -0.4 is 0 Å². The monoisotopic (exact) mass is 254 g/mol. The first-order chi connectivity index (χ1) is 8.63. The van der Waals surface area contributed by atoms with E-state index in [4.69, 9.17) is 9.26 Å². The molecule has 1 aliphatic heterocycles. The summed E-state index contributed by atoms with van der Waals surface area (Å²) in [5.74, 6) is -0.767. The van der Waals surface area contributed by atoms with Crippen LogP contribution in [0.1, 0.15) is 16.2 Å². The maximum Gasteiger partial charge on any atom is 0.331 e. The number of carbonyl (C=O) groups excluding carboxylic acids is 2. The van der Waals surface area contributed by atoms with Crippen molar-refractivity contribution in [1.82, 2.24) is 10.1 Å². The van der Waals surface area contributed by atoms with Crippen molar-refractivity contribution < 1.29 is 23.6 Å². The zero-order valence-corrected chi connectivity index (χ0v) is 10.2. The largest absolute Gasteiger partial charge is 0.467 e. The molecule has 1 fully saturated rings. The van der Waals surface area contributed by atoms with Gasteiger partial charge in [0.1, 0.15) is 0 Å². The van der Waals surface area contributed by atoms with Crippen molar-refractivity contribution >= 4 is 11.9 Å². The number of ether oxygens (including phenoxy) is 2. The molecule has 7 heteroatoms. The van der Waals surface area contributed by atoms with Crippen LogP contribution in [0, 0.1) is 6.92 Å². The van der Waals surface area contributed by atoms with E-state index < -0.39 is 12.0 Å². The van der Waals surface area contributed by atoms with E-state index in [9.17, 15) is 9.59 Å². The summed E-state index contributed by atoms with van der Waals surface area (Å²) in [7, 11) is 1.28. The van der Waals surface area contributed by atoms with E-state index in [-0.39, 0.29) is 18.3 Å². The molecule has 1 aliphatic rings. The van der Waals surface area contributed by atoms with E-state index in [0.29, 0.717) is 18.8 Å². The summed E-state index contributed by atoms with van der Waals surface area (Å²) >= 11 is 0. The molecule has 98 valence electrons. The number of amides is 1. The van der Waals surface area contributed by atoms with Crippen molar-refractivity contribution in [3.63, 3.8) is 0 Å². The van der Waals surface area contributed by atoms with E-state index in [1.54, 1.807) is 6.92 Å². The minimum atomic E-state index is -0.735. The molecule has 0 radical (unpaired) electrons. The van der Waals surface area contributed by atoms with Gasteiger partial charge in [-0.3, -0.25) is 4.79 Å². The van der Waals surface area contributed by atoms with E-state index in [2.05, 4.69) is 9.89 Å². The molecule has 18 heavy (non-hydrogen) atoms. The Labute approximate surface area is 104 Å². The number of esters is 1. The lowest BCUT2D eigenvalue weighted by atomic mass is 10.2. The Kier molecular flexibility index (Phi) is 3.61. The van der Waals surface area contributed by atoms with Crippen LogP contribution in [0.2, 0.25) is 0 Å². The van der Waals surface area contributed by atoms with Gasteiger partial charge >= 0.3 is 5.97 Å². The Morgan fingerprint density at radius 1 is 1.56 bits per heavy atom. The van der Waals surface area contributed by atoms with Gasteiger partial charge in [0.05, 0.1) is 26.0 Å². The average molecular weight is 254 g/mol. The molecule has 1 unspecified atom stereocenters. The van der Waals surface area contributed by atoms with Crippen LogP contribution in [-0.4, -0.2) is 54.8 Å². The van der Waals surface area contributed by atoms with Crippen LogP contribution in [0.4, 0.5) is 0 Å². The van der Waals surface area contributed by atoms with E-state index in [1.165, 1.54) is 18.1 Å². The van der Waals surface area contributed by atoms with Crippen LogP contribution in [0.25, 0.3) is 0 Å². The maximum atomic E-state index is 12.2. The Morgan fingerprint density at radius 3 is 2.94 bits per heavy atom. The number of carbonyl (C=O) groups is 2. The summed E-state index contributed by atoms with van der Waals surface area (Å²) in [5.41, 5.74) is 0.612. The lowest BCUT2D eigenvalue weighted by molar-refractivity contribution is -0.151. The van der Waals surface area contributed by atoms with Crippen LogP contribution >= 0.6 is 0 Å². The predicted octanol–water partition coefficient (Wildman–Crippen LogP) is -0.00298. The second-order valence-electron chi connectivity index (χ2n) is 3.94. The molecule has 1 saturated heterocycles. The Hall–Kier alpha value is -1.89. The van der Waals surface area contributed by atoms with Crippen LogP contribution in [-0.2, 0) is 14.3 Å². The number of methoxy groups -OCH3 is 1. The van der Waals surface area contributed by atoms with Crippen molar-refractivity contribution in [2.45, 2.75) is 13.0 Å². The number of hydrogen-bond acceptors (Lipinski definition) is 6. The highest BCUT2D eigenvalue weighted by atomic mass is 16.5. The van der Waals surface area contributed by atoms with Gasteiger partial charge in [-0.05, 0) is 6.92 Å². The zero-order chi connectivity index (χ0) is 13.1. The van der Waals surface area contributed by atoms with Crippen LogP contribution in [0.3, 0.4) is 0 Å². The Balaban J connectivity index is 2.18. The molecule has 0 aliphatic carbocycles. The minimum absolute atomic E-state index is 0.114. The van der Waals surface area contributed by atoms with Gasteiger partial charge in [-0.2, -0.15) is 0 Å². The summed E-state index contributed by atoms with van der Waals surface area (Å²) < 4.78 is 14.7. The van der Waals surface area contributed by atoms with Crippen molar-refractivity contribution in [1.29, 1.82) is 0 Å². The summed E-state index contributed by atoms with van der Waals surface area (Å²) in [6.07, 6.45) is 0. The van der Waals surface area contributed by atoms with Gasteiger partial charge in [-0.15, -0.1) is 0 Å². The van der Waals surface area contributed by atoms with E-state index in [1.807, 2.05) is 0 Å². The molecule has 0 spiro atoms. The standard InChI is InChI=1S/C11H14N2O5/c1-7-5-9(18-12-7)10(14)13-3-4-17-6-8(13)11(15)16-2/h5,8H,3-4,6H2,1-2H3. The van der Waals surface area contributed by atoms with Gasteiger partial charge in [-0.25, -0.2) is 4.79 Å². The fraction of sp³-hybridized carbons (Fsp3) is 0.545. The third-order valence-electron chi connectivity index (χ3n) is 2.70. The normalized spacial score (nSPS) is 19.7. The number of nitrogens with zero attached hydrogens (tertiary/aromatic N) is 2. The fourth-order valence-corrected chi connectivity index (χ4v) is 1.78. The van der Waals surface area contributed by atoms with Gasteiger partial charge in [0, 0.05) is 12.6 Å². The predicted molar refractivity (Wildman–Crippen MR) is 58.9 cm³/mol. The molecule has 0 aromatic carbocycles. The third-order valence-corrected chi connectivity index (χ3v) is 2.70.